The molecule has 1 aliphatic heterocycles. The first-order chi connectivity index (χ1) is 8.99. The number of carbonyl (C=O) groups is 2. The van der Waals surface area contributed by atoms with Crippen LogP contribution in [0, 0.1) is 0 Å². The second kappa shape index (κ2) is 7.33. The summed E-state index contributed by atoms with van der Waals surface area (Å²) >= 11 is 0. The van der Waals surface area contributed by atoms with Gasteiger partial charge in [0.2, 0.25) is 0 Å². The summed E-state index contributed by atoms with van der Waals surface area (Å²) in [7, 11) is 1.54. The summed E-state index contributed by atoms with van der Waals surface area (Å²) in [6, 6.07) is -0.932. The number of hydrogen-bond donors (Lipinski definition) is 2. The molecule has 1 aliphatic rings. The number of amides is 2. The molecule has 2 N–H and O–H groups in total. The third kappa shape index (κ3) is 4.38. The van der Waals surface area contributed by atoms with Crippen molar-refractivity contribution in [2.45, 2.75) is 45.2 Å². The average Bonchev–Trinajstić information content (AvgIpc) is 2.39. The zero-order valence-corrected chi connectivity index (χ0v) is 12.1. The van der Waals surface area contributed by atoms with E-state index in [1.54, 1.807) is 6.92 Å². The predicted octanol–water partition coefficient (Wildman–Crippen LogP) is 0.975. The molecule has 2 amide bonds. The molecule has 110 valence electrons. The van der Waals surface area contributed by atoms with Crippen molar-refractivity contribution in [2.24, 2.45) is 0 Å². The van der Waals surface area contributed by atoms with Gasteiger partial charge in [-0.1, -0.05) is 13.8 Å². The number of urea groups is 1. The van der Waals surface area contributed by atoms with Crippen molar-refractivity contribution in [1.82, 2.24) is 15.1 Å². The first-order valence-corrected chi connectivity index (χ1v) is 6.98. The number of aliphatic carboxylic acids is 1. The Labute approximate surface area is 114 Å². The minimum Gasteiger partial charge on any atom is -0.480 e. The molecule has 1 heterocycles. The summed E-state index contributed by atoms with van der Waals surface area (Å²) in [6.45, 7) is 6.77. The van der Waals surface area contributed by atoms with Gasteiger partial charge in [0, 0.05) is 19.6 Å². The van der Waals surface area contributed by atoms with E-state index in [2.05, 4.69) is 17.1 Å². The number of rotatable bonds is 5. The molecule has 6 heteroatoms. The van der Waals surface area contributed by atoms with Gasteiger partial charge in [-0.25, -0.2) is 9.59 Å². The molecule has 0 spiro atoms. The van der Waals surface area contributed by atoms with Crippen molar-refractivity contribution in [1.29, 1.82) is 0 Å². The van der Waals surface area contributed by atoms with Gasteiger partial charge in [0.05, 0.1) is 0 Å². The highest BCUT2D eigenvalue weighted by Crippen LogP contribution is 2.10. The Morgan fingerprint density at radius 3 is 2.68 bits per heavy atom. The number of nitrogens with zero attached hydrogens (tertiary/aromatic N) is 2. The zero-order valence-electron chi connectivity index (χ0n) is 12.1. The summed E-state index contributed by atoms with van der Waals surface area (Å²) in [5, 5.41) is 12.0. The molecular formula is C13H25N3O3. The van der Waals surface area contributed by atoms with Crippen molar-refractivity contribution >= 4 is 12.0 Å². The monoisotopic (exact) mass is 271 g/mol. The van der Waals surface area contributed by atoms with E-state index in [9.17, 15) is 9.59 Å². The molecule has 1 fully saturated rings. The number of likely N-dealkylation sites (N-methyl/N-ethyl adjacent to an activating group) is 2. The Morgan fingerprint density at radius 1 is 1.47 bits per heavy atom. The first-order valence-electron chi connectivity index (χ1n) is 6.98. The summed E-state index contributed by atoms with van der Waals surface area (Å²) in [4.78, 5) is 26.7. The molecule has 0 aromatic carbocycles. The smallest absolute Gasteiger partial charge is 0.326 e. The fraction of sp³-hybridized carbons (Fsp3) is 0.846. The van der Waals surface area contributed by atoms with Gasteiger partial charge in [-0.2, -0.15) is 0 Å². The molecule has 2 unspecified atom stereocenters. The second-order valence-electron chi connectivity index (χ2n) is 5.06. The molecule has 1 saturated heterocycles. The highest BCUT2D eigenvalue weighted by molar-refractivity contribution is 5.82. The molecule has 2 atom stereocenters. The molecular weight excluding hydrogens is 246 g/mol. The number of nitrogens with one attached hydrogen (secondary N) is 1. The number of hydrogen-bond acceptors (Lipinski definition) is 3. The van der Waals surface area contributed by atoms with Gasteiger partial charge in [-0.3, -0.25) is 0 Å². The van der Waals surface area contributed by atoms with Crippen LogP contribution < -0.4 is 5.32 Å². The number of carboxylic acid groups (broad SMARTS) is 1. The minimum atomic E-state index is -0.959. The van der Waals surface area contributed by atoms with Crippen molar-refractivity contribution in [3.8, 4) is 0 Å². The van der Waals surface area contributed by atoms with E-state index in [-0.39, 0.29) is 12.1 Å². The number of carboxylic acids is 1. The van der Waals surface area contributed by atoms with Gasteiger partial charge < -0.3 is 20.2 Å². The summed E-state index contributed by atoms with van der Waals surface area (Å²) in [6.07, 6.45) is 2.43. The summed E-state index contributed by atoms with van der Waals surface area (Å²) in [5.74, 6) is -0.959. The quantitative estimate of drug-likeness (QED) is 0.781. The number of piperidine rings is 1. The standard InChI is InChI=1S/C13H25N3O3/c1-4-11(12(17)18)15(3)13(19)14-10-7-6-8-16(5-2)9-10/h10-11H,4-9H2,1-3H3,(H,14,19)(H,17,18). The molecule has 0 radical (unpaired) electrons. The van der Waals surface area contributed by atoms with Crippen LogP contribution in [-0.2, 0) is 4.79 Å². The maximum atomic E-state index is 12.0. The molecule has 0 aromatic heterocycles. The van der Waals surface area contributed by atoms with Crippen LogP contribution in [0.2, 0.25) is 0 Å². The SMILES string of the molecule is CCC(C(=O)O)N(C)C(=O)NC1CCCN(CC)C1. The fourth-order valence-electron chi connectivity index (χ4n) is 2.49. The van der Waals surface area contributed by atoms with E-state index in [0.717, 1.165) is 32.5 Å². The summed E-state index contributed by atoms with van der Waals surface area (Å²) < 4.78 is 0. The van der Waals surface area contributed by atoms with Crippen LogP contribution in [-0.4, -0.2) is 65.7 Å². The number of carbonyl (C=O) groups excluding carboxylic acids is 1. The lowest BCUT2D eigenvalue weighted by molar-refractivity contribution is -0.141. The van der Waals surface area contributed by atoms with Crippen LogP contribution in [0.4, 0.5) is 4.79 Å². The first kappa shape index (κ1) is 15.8. The Kier molecular flexibility index (Phi) is 6.08. The van der Waals surface area contributed by atoms with E-state index in [1.165, 1.54) is 11.9 Å². The molecule has 6 nitrogen and oxygen atoms in total. The van der Waals surface area contributed by atoms with E-state index in [0.29, 0.717) is 6.42 Å². The predicted molar refractivity (Wildman–Crippen MR) is 73.1 cm³/mol. The lowest BCUT2D eigenvalue weighted by Gasteiger charge is -2.34. The largest absolute Gasteiger partial charge is 0.480 e. The van der Waals surface area contributed by atoms with Gasteiger partial charge in [-0.05, 0) is 32.4 Å². The lowest BCUT2D eigenvalue weighted by atomic mass is 10.1. The van der Waals surface area contributed by atoms with Crippen molar-refractivity contribution in [3.05, 3.63) is 0 Å². The lowest BCUT2D eigenvalue weighted by Crippen LogP contribution is -2.53. The van der Waals surface area contributed by atoms with E-state index >= 15 is 0 Å². The van der Waals surface area contributed by atoms with Crippen molar-refractivity contribution in [3.63, 3.8) is 0 Å². The normalized spacial score (nSPS) is 21.7. The summed E-state index contributed by atoms with van der Waals surface area (Å²) in [5.41, 5.74) is 0. The van der Waals surface area contributed by atoms with E-state index in [4.69, 9.17) is 5.11 Å². The van der Waals surface area contributed by atoms with Gasteiger partial charge in [0.1, 0.15) is 6.04 Å². The minimum absolute atomic E-state index is 0.120. The van der Waals surface area contributed by atoms with E-state index < -0.39 is 12.0 Å². The van der Waals surface area contributed by atoms with Gasteiger partial charge in [0.15, 0.2) is 0 Å². The highest BCUT2D eigenvalue weighted by Gasteiger charge is 2.27. The van der Waals surface area contributed by atoms with Crippen LogP contribution in [0.3, 0.4) is 0 Å². The Bertz CT molecular complexity index is 322. The molecule has 19 heavy (non-hydrogen) atoms. The van der Waals surface area contributed by atoms with Crippen molar-refractivity contribution < 1.29 is 14.7 Å². The Hall–Kier alpha value is -1.30. The van der Waals surface area contributed by atoms with Gasteiger partial charge in [-0.15, -0.1) is 0 Å². The number of likely N-dealkylation sites (tertiary alicyclic amines) is 1. The topological polar surface area (TPSA) is 72.9 Å². The maximum Gasteiger partial charge on any atom is 0.326 e. The molecule has 0 saturated carbocycles. The maximum absolute atomic E-state index is 12.0. The van der Waals surface area contributed by atoms with Crippen LogP contribution in [0.1, 0.15) is 33.1 Å². The van der Waals surface area contributed by atoms with Gasteiger partial charge in [0.25, 0.3) is 0 Å². The molecule has 0 aliphatic carbocycles. The zero-order chi connectivity index (χ0) is 14.4. The van der Waals surface area contributed by atoms with Gasteiger partial charge >= 0.3 is 12.0 Å². The molecule has 0 aromatic rings. The third-order valence-corrected chi connectivity index (χ3v) is 3.74. The van der Waals surface area contributed by atoms with Crippen LogP contribution >= 0.6 is 0 Å². The van der Waals surface area contributed by atoms with Crippen LogP contribution in [0.25, 0.3) is 0 Å². The van der Waals surface area contributed by atoms with Crippen molar-refractivity contribution in [2.75, 3.05) is 26.7 Å². The van der Waals surface area contributed by atoms with Crippen LogP contribution in [0.15, 0.2) is 0 Å². The molecule has 0 bridgehead atoms. The Morgan fingerprint density at radius 2 is 2.16 bits per heavy atom. The van der Waals surface area contributed by atoms with E-state index in [1.807, 2.05) is 0 Å². The fourth-order valence-corrected chi connectivity index (χ4v) is 2.49. The average molecular weight is 271 g/mol. The second-order valence-corrected chi connectivity index (χ2v) is 5.06. The van der Waals surface area contributed by atoms with Crippen LogP contribution in [0.5, 0.6) is 0 Å². The Balaban J connectivity index is 2.51. The molecule has 1 rings (SSSR count). The highest BCUT2D eigenvalue weighted by atomic mass is 16.4. The third-order valence-electron chi connectivity index (χ3n) is 3.74.